The Kier molecular flexibility index (Phi) is 3.63. The number of rotatable bonds is 3. The monoisotopic (exact) mass is 244 g/mol. The van der Waals surface area contributed by atoms with Gasteiger partial charge in [0.2, 0.25) is 0 Å². The summed E-state index contributed by atoms with van der Waals surface area (Å²) >= 11 is 0. The predicted molar refractivity (Wildman–Crippen MR) is 55.2 cm³/mol. The molecule has 2 aliphatic heterocycles. The number of carbonyl (C=O) groups excluding carboxylic acids is 2. The van der Waals surface area contributed by atoms with Gasteiger partial charge in [0.15, 0.2) is 12.2 Å². The molecule has 0 aromatic carbocycles. The van der Waals surface area contributed by atoms with Crippen molar-refractivity contribution < 1.29 is 28.5 Å². The van der Waals surface area contributed by atoms with Crippen molar-refractivity contribution in [3.05, 3.63) is 0 Å². The van der Waals surface area contributed by atoms with Gasteiger partial charge in [-0.15, -0.1) is 0 Å². The summed E-state index contributed by atoms with van der Waals surface area (Å²) in [5.41, 5.74) is 0. The first-order valence-corrected chi connectivity index (χ1v) is 5.71. The van der Waals surface area contributed by atoms with Crippen LogP contribution < -0.4 is 0 Å². The summed E-state index contributed by atoms with van der Waals surface area (Å²) in [4.78, 5) is 22.1. The van der Waals surface area contributed by atoms with Gasteiger partial charge in [0.1, 0.15) is 12.2 Å². The number of ether oxygens (including phenoxy) is 4. The zero-order valence-electron chi connectivity index (χ0n) is 9.88. The number of hydrogen-bond acceptors (Lipinski definition) is 6. The second kappa shape index (κ2) is 5.01. The van der Waals surface area contributed by atoms with Gasteiger partial charge in [-0.1, -0.05) is 6.92 Å². The van der Waals surface area contributed by atoms with Gasteiger partial charge in [-0.05, 0) is 0 Å². The lowest BCUT2D eigenvalue weighted by Crippen LogP contribution is -2.35. The molecule has 0 radical (unpaired) electrons. The zero-order valence-corrected chi connectivity index (χ0v) is 9.88. The SMILES string of the molecule is CCC(=O)OC1COC2C(OC(C)=O)COC12. The fourth-order valence-electron chi connectivity index (χ4n) is 2.10. The van der Waals surface area contributed by atoms with Crippen molar-refractivity contribution in [3.63, 3.8) is 0 Å². The molecule has 0 saturated carbocycles. The minimum atomic E-state index is -0.400. The van der Waals surface area contributed by atoms with Crippen molar-refractivity contribution >= 4 is 11.9 Å². The van der Waals surface area contributed by atoms with Gasteiger partial charge in [0.25, 0.3) is 0 Å². The van der Waals surface area contributed by atoms with Crippen molar-refractivity contribution in [1.82, 2.24) is 0 Å². The van der Waals surface area contributed by atoms with Gasteiger partial charge in [-0.3, -0.25) is 9.59 Å². The average Bonchev–Trinajstić information content (AvgIpc) is 2.83. The van der Waals surface area contributed by atoms with Gasteiger partial charge in [0, 0.05) is 13.3 Å². The zero-order chi connectivity index (χ0) is 12.4. The van der Waals surface area contributed by atoms with E-state index in [-0.39, 0.29) is 30.8 Å². The fraction of sp³-hybridized carbons (Fsp3) is 0.818. The summed E-state index contributed by atoms with van der Waals surface area (Å²) in [6.07, 6.45) is -1.12. The molecule has 2 saturated heterocycles. The van der Waals surface area contributed by atoms with E-state index >= 15 is 0 Å². The summed E-state index contributed by atoms with van der Waals surface area (Å²) < 4.78 is 21.2. The van der Waals surface area contributed by atoms with Crippen molar-refractivity contribution in [2.75, 3.05) is 13.2 Å². The standard InChI is InChI=1S/C11H16O6/c1-3-9(13)17-8-5-15-10-7(16-6(2)12)4-14-11(8)10/h7-8,10-11H,3-5H2,1-2H3. The van der Waals surface area contributed by atoms with E-state index in [0.29, 0.717) is 13.0 Å². The molecular weight excluding hydrogens is 228 g/mol. The van der Waals surface area contributed by atoms with Crippen LogP contribution in [-0.2, 0) is 28.5 Å². The molecule has 6 nitrogen and oxygen atoms in total. The van der Waals surface area contributed by atoms with E-state index in [0.717, 1.165) is 0 Å². The third-order valence-corrected chi connectivity index (χ3v) is 2.85. The smallest absolute Gasteiger partial charge is 0.305 e. The Hall–Kier alpha value is -1.14. The van der Waals surface area contributed by atoms with Crippen molar-refractivity contribution in [2.24, 2.45) is 0 Å². The first-order valence-electron chi connectivity index (χ1n) is 5.71. The Labute approximate surface area is 99.2 Å². The summed E-state index contributed by atoms with van der Waals surface area (Å²) in [5, 5.41) is 0. The van der Waals surface area contributed by atoms with E-state index < -0.39 is 12.2 Å². The second-order valence-corrected chi connectivity index (χ2v) is 4.13. The molecule has 2 aliphatic rings. The molecular formula is C11H16O6. The number of carbonyl (C=O) groups is 2. The highest BCUT2D eigenvalue weighted by molar-refractivity contribution is 5.69. The topological polar surface area (TPSA) is 71.1 Å². The highest BCUT2D eigenvalue weighted by Crippen LogP contribution is 2.30. The van der Waals surface area contributed by atoms with Gasteiger partial charge in [-0.2, -0.15) is 0 Å². The Balaban J connectivity index is 1.92. The molecule has 0 aliphatic carbocycles. The highest BCUT2D eigenvalue weighted by Gasteiger charge is 2.50. The molecule has 0 spiro atoms. The van der Waals surface area contributed by atoms with E-state index in [2.05, 4.69) is 0 Å². The van der Waals surface area contributed by atoms with Crippen molar-refractivity contribution in [1.29, 1.82) is 0 Å². The van der Waals surface area contributed by atoms with Crippen LogP contribution >= 0.6 is 0 Å². The van der Waals surface area contributed by atoms with Crippen molar-refractivity contribution in [2.45, 2.75) is 44.7 Å². The molecule has 0 aromatic rings. The maximum atomic E-state index is 11.2. The number of esters is 2. The lowest BCUT2D eigenvalue weighted by molar-refractivity contribution is -0.154. The van der Waals surface area contributed by atoms with E-state index in [9.17, 15) is 9.59 Å². The highest BCUT2D eigenvalue weighted by atomic mass is 16.7. The minimum absolute atomic E-state index is 0.279. The molecule has 4 unspecified atom stereocenters. The molecule has 0 bridgehead atoms. The molecule has 0 N–H and O–H groups in total. The molecule has 2 fully saturated rings. The Morgan fingerprint density at radius 2 is 1.65 bits per heavy atom. The average molecular weight is 244 g/mol. The quantitative estimate of drug-likeness (QED) is 0.653. The maximum absolute atomic E-state index is 11.2. The third kappa shape index (κ3) is 2.58. The maximum Gasteiger partial charge on any atom is 0.305 e. The molecule has 0 aromatic heterocycles. The largest absolute Gasteiger partial charge is 0.457 e. The minimum Gasteiger partial charge on any atom is -0.457 e. The first-order chi connectivity index (χ1) is 8.11. The van der Waals surface area contributed by atoms with Crippen LogP contribution in [-0.4, -0.2) is 49.6 Å². The molecule has 2 heterocycles. The third-order valence-electron chi connectivity index (χ3n) is 2.85. The summed E-state index contributed by atoms with van der Waals surface area (Å²) in [6, 6.07) is 0. The van der Waals surface area contributed by atoms with Crippen LogP contribution in [0.4, 0.5) is 0 Å². The van der Waals surface area contributed by atoms with E-state index in [1.54, 1.807) is 6.92 Å². The summed E-state index contributed by atoms with van der Waals surface area (Å²) in [6.45, 7) is 3.65. The molecule has 0 amide bonds. The van der Waals surface area contributed by atoms with E-state index in [1.165, 1.54) is 6.92 Å². The lowest BCUT2D eigenvalue weighted by Gasteiger charge is -2.16. The van der Waals surface area contributed by atoms with Gasteiger partial charge in [0.05, 0.1) is 13.2 Å². The van der Waals surface area contributed by atoms with Crippen LogP contribution in [0.1, 0.15) is 20.3 Å². The van der Waals surface area contributed by atoms with Crippen molar-refractivity contribution in [3.8, 4) is 0 Å². The predicted octanol–water partition coefficient (Wildman–Crippen LogP) is 0.0375. The molecule has 6 heteroatoms. The summed E-state index contributed by atoms with van der Waals surface area (Å²) in [5.74, 6) is -0.643. The molecule has 4 atom stereocenters. The van der Waals surface area contributed by atoms with Gasteiger partial charge >= 0.3 is 11.9 Å². The number of hydrogen-bond donors (Lipinski definition) is 0. The van der Waals surface area contributed by atoms with Crippen LogP contribution in [0.3, 0.4) is 0 Å². The fourth-order valence-corrected chi connectivity index (χ4v) is 2.10. The number of fused-ring (bicyclic) bond motifs is 1. The van der Waals surface area contributed by atoms with Gasteiger partial charge < -0.3 is 18.9 Å². The lowest BCUT2D eigenvalue weighted by atomic mass is 10.1. The molecule has 17 heavy (non-hydrogen) atoms. The van der Waals surface area contributed by atoms with Crippen LogP contribution in [0, 0.1) is 0 Å². The Morgan fingerprint density at radius 1 is 1.12 bits per heavy atom. The first kappa shape index (κ1) is 12.3. The Bertz CT molecular complexity index is 315. The second-order valence-electron chi connectivity index (χ2n) is 4.13. The van der Waals surface area contributed by atoms with Gasteiger partial charge in [-0.25, -0.2) is 0 Å². The molecule has 2 rings (SSSR count). The van der Waals surface area contributed by atoms with Crippen LogP contribution in [0.2, 0.25) is 0 Å². The normalized spacial score (nSPS) is 35.4. The summed E-state index contributed by atoms with van der Waals surface area (Å²) in [7, 11) is 0. The van der Waals surface area contributed by atoms with Crippen LogP contribution in [0.15, 0.2) is 0 Å². The Morgan fingerprint density at radius 3 is 2.12 bits per heavy atom. The van der Waals surface area contributed by atoms with E-state index in [1.807, 2.05) is 0 Å². The van der Waals surface area contributed by atoms with Crippen LogP contribution in [0.25, 0.3) is 0 Å². The van der Waals surface area contributed by atoms with E-state index in [4.69, 9.17) is 18.9 Å². The van der Waals surface area contributed by atoms with Crippen LogP contribution in [0.5, 0.6) is 0 Å². The molecule has 96 valence electrons.